The van der Waals surface area contributed by atoms with Crippen LogP contribution in [0.25, 0.3) is 0 Å². The second-order valence-corrected chi connectivity index (χ2v) is 4.18. The zero-order valence-corrected chi connectivity index (χ0v) is 10.3. The summed E-state index contributed by atoms with van der Waals surface area (Å²) >= 11 is 0. The molecule has 5 nitrogen and oxygen atoms in total. The number of carbonyl (C=O) groups excluding carboxylic acids is 2. The van der Waals surface area contributed by atoms with Crippen LogP contribution in [0.1, 0.15) is 11.3 Å². The average molecular weight is 279 g/mol. The zero-order chi connectivity index (χ0) is 14.7. The number of hydrogen-bond donors (Lipinski definition) is 1. The van der Waals surface area contributed by atoms with Gasteiger partial charge in [-0.3, -0.25) is 9.59 Å². The van der Waals surface area contributed by atoms with Gasteiger partial charge in [0.2, 0.25) is 5.78 Å². The van der Waals surface area contributed by atoms with E-state index in [0.29, 0.717) is 5.69 Å². The summed E-state index contributed by atoms with van der Waals surface area (Å²) in [5.74, 6) is -3.23. The molecule has 0 bridgehead atoms. The smallest absolute Gasteiger partial charge is 0.285 e. The highest BCUT2D eigenvalue weighted by Gasteiger charge is 2.15. The van der Waals surface area contributed by atoms with Gasteiger partial charge in [0, 0.05) is 17.5 Å². The van der Waals surface area contributed by atoms with Gasteiger partial charge in [0.15, 0.2) is 0 Å². The Morgan fingerprint density at radius 3 is 2.50 bits per heavy atom. The maximum Gasteiger partial charge on any atom is 0.285 e. The molecular weight excluding hydrogens is 268 g/mol. The molecule has 1 aromatic carbocycles. The highest BCUT2D eigenvalue weighted by molar-refractivity contribution is 6.35. The van der Waals surface area contributed by atoms with Gasteiger partial charge >= 0.3 is 0 Å². The average Bonchev–Trinajstić information content (AvgIpc) is 2.81. The number of amides is 1. The van der Waals surface area contributed by atoms with E-state index in [1.54, 1.807) is 0 Å². The Hall–Kier alpha value is -2.57. The van der Waals surface area contributed by atoms with Gasteiger partial charge in [-0.1, -0.05) is 6.07 Å². The predicted octanol–water partition coefficient (Wildman–Crippen LogP) is 0.806. The molecule has 1 amide bonds. The molecular formula is C13H11F2N3O2. The normalized spacial score (nSPS) is 10.5. The fourth-order valence-electron chi connectivity index (χ4n) is 1.74. The molecule has 0 radical (unpaired) electrons. The highest BCUT2D eigenvalue weighted by Crippen LogP contribution is 2.15. The number of imidazole rings is 1. The molecule has 0 spiro atoms. The van der Waals surface area contributed by atoms with E-state index in [4.69, 9.17) is 5.73 Å². The minimum Gasteiger partial charge on any atom is -0.363 e. The van der Waals surface area contributed by atoms with Crippen LogP contribution in [0.15, 0.2) is 30.7 Å². The summed E-state index contributed by atoms with van der Waals surface area (Å²) in [6, 6.07) is 3.55. The van der Waals surface area contributed by atoms with Crippen LogP contribution in [0, 0.1) is 11.6 Å². The predicted molar refractivity (Wildman–Crippen MR) is 65.6 cm³/mol. The summed E-state index contributed by atoms with van der Waals surface area (Å²) in [6.45, 7) is -0.125. The van der Waals surface area contributed by atoms with E-state index in [1.807, 2.05) is 0 Å². The van der Waals surface area contributed by atoms with E-state index in [2.05, 4.69) is 4.98 Å². The quantitative estimate of drug-likeness (QED) is 0.822. The highest BCUT2D eigenvalue weighted by atomic mass is 19.1. The van der Waals surface area contributed by atoms with Crippen molar-refractivity contribution in [1.82, 2.24) is 9.55 Å². The maximum atomic E-state index is 13.6. The van der Waals surface area contributed by atoms with E-state index < -0.39 is 23.3 Å². The fourth-order valence-corrected chi connectivity index (χ4v) is 1.74. The van der Waals surface area contributed by atoms with Gasteiger partial charge < -0.3 is 10.3 Å². The van der Waals surface area contributed by atoms with Crippen molar-refractivity contribution >= 4 is 11.7 Å². The van der Waals surface area contributed by atoms with Crippen LogP contribution < -0.4 is 5.73 Å². The molecule has 2 N–H and O–H groups in total. The van der Waals surface area contributed by atoms with E-state index in [1.165, 1.54) is 23.2 Å². The third-order valence-electron chi connectivity index (χ3n) is 2.81. The van der Waals surface area contributed by atoms with Crippen LogP contribution in [0.4, 0.5) is 8.78 Å². The number of nitrogens with zero attached hydrogens (tertiary/aromatic N) is 2. The summed E-state index contributed by atoms with van der Waals surface area (Å²) in [5.41, 5.74) is 5.08. The van der Waals surface area contributed by atoms with Crippen molar-refractivity contribution in [2.45, 2.75) is 13.0 Å². The Labute approximate surface area is 113 Å². The molecule has 2 aromatic rings. The minimum absolute atomic E-state index is 0.125. The first-order chi connectivity index (χ1) is 9.49. The molecule has 104 valence electrons. The second kappa shape index (κ2) is 5.60. The summed E-state index contributed by atoms with van der Waals surface area (Å²) in [6.07, 6.45) is 2.42. The van der Waals surface area contributed by atoms with Crippen molar-refractivity contribution in [3.05, 3.63) is 53.6 Å². The number of Topliss-reactive ketones (excluding diaryl/α,β-unsaturated/α-hetero) is 1. The van der Waals surface area contributed by atoms with Crippen molar-refractivity contribution in [1.29, 1.82) is 0 Å². The number of hydrogen-bond acceptors (Lipinski definition) is 3. The van der Waals surface area contributed by atoms with Crippen molar-refractivity contribution in [3.63, 3.8) is 0 Å². The van der Waals surface area contributed by atoms with E-state index in [0.717, 1.165) is 12.1 Å². The van der Waals surface area contributed by atoms with Gasteiger partial charge in [-0.2, -0.15) is 0 Å². The number of carbonyl (C=O) groups is 2. The van der Waals surface area contributed by atoms with Crippen molar-refractivity contribution in [2.24, 2.45) is 5.73 Å². The summed E-state index contributed by atoms with van der Waals surface area (Å²) in [5, 5.41) is 0. The van der Waals surface area contributed by atoms with Crippen molar-refractivity contribution in [3.8, 4) is 0 Å². The van der Waals surface area contributed by atoms with Gasteiger partial charge in [0.05, 0.1) is 19.3 Å². The molecule has 0 unspecified atom stereocenters. The number of aromatic nitrogens is 2. The molecule has 20 heavy (non-hydrogen) atoms. The van der Waals surface area contributed by atoms with Gasteiger partial charge in [-0.15, -0.1) is 0 Å². The third-order valence-corrected chi connectivity index (χ3v) is 2.81. The van der Waals surface area contributed by atoms with Crippen molar-refractivity contribution in [2.75, 3.05) is 0 Å². The van der Waals surface area contributed by atoms with Crippen LogP contribution in [0.2, 0.25) is 0 Å². The number of nitrogens with two attached hydrogens (primary N) is 1. The molecule has 2 rings (SSSR count). The first-order valence-corrected chi connectivity index (χ1v) is 5.73. The lowest BCUT2D eigenvalue weighted by molar-refractivity contribution is -0.135. The van der Waals surface area contributed by atoms with Crippen LogP contribution in [-0.4, -0.2) is 21.2 Å². The van der Waals surface area contributed by atoms with Gasteiger partial charge in [0.25, 0.3) is 5.91 Å². The van der Waals surface area contributed by atoms with Crippen LogP contribution >= 0.6 is 0 Å². The van der Waals surface area contributed by atoms with Gasteiger partial charge in [-0.25, -0.2) is 13.8 Å². The summed E-state index contributed by atoms with van der Waals surface area (Å²) in [7, 11) is 0. The molecule has 0 aliphatic rings. The van der Waals surface area contributed by atoms with Gasteiger partial charge in [-0.05, 0) is 12.1 Å². The third kappa shape index (κ3) is 2.87. The van der Waals surface area contributed by atoms with Crippen LogP contribution in [-0.2, 0) is 22.6 Å². The Kier molecular flexibility index (Phi) is 3.88. The zero-order valence-electron chi connectivity index (χ0n) is 10.3. The lowest BCUT2D eigenvalue weighted by atomic mass is 10.1. The summed E-state index contributed by atoms with van der Waals surface area (Å²) < 4.78 is 28.5. The molecule has 0 atom stereocenters. The first kappa shape index (κ1) is 13.9. The number of benzene rings is 1. The molecule has 7 heteroatoms. The number of primary amides is 1. The molecule has 1 aromatic heterocycles. The molecule has 0 aliphatic heterocycles. The maximum absolute atomic E-state index is 13.6. The second-order valence-electron chi connectivity index (χ2n) is 4.18. The van der Waals surface area contributed by atoms with E-state index in [-0.39, 0.29) is 18.5 Å². The fraction of sp³-hybridized carbons (Fsp3) is 0.154. The Morgan fingerprint density at radius 1 is 1.25 bits per heavy atom. The largest absolute Gasteiger partial charge is 0.363 e. The first-order valence-electron chi connectivity index (χ1n) is 5.73. The lowest BCUT2D eigenvalue weighted by Gasteiger charge is -2.09. The van der Waals surface area contributed by atoms with Crippen molar-refractivity contribution < 1.29 is 18.4 Å². The number of ketones is 1. The topological polar surface area (TPSA) is 78.0 Å². The summed E-state index contributed by atoms with van der Waals surface area (Å²) in [4.78, 5) is 25.8. The molecule has 1 heterocycles. The minimum atomic E-state index is -1.06. The molecule has 0 fully saturated rings. The van der Waals surface area contributed by atoms with Gasteiger partial charge in [0.1, 0.15) is 11.6 Å². The standard InChI is InChI=1S/C13H11F2N3O2/c14-10-2-1-3-11(15)9(10)6-18-7-17-5-8(18)4-12(19)13(16)20/h1-3,5,7H,4,6H2,(H2,16,20). The Morgan fingerprint density at radius 2 is 1.90 bits per heavy atom. The Balaban J connectivity index is 2.25. The number of halogens is 2. The molecule has 0 saturated carbocycles. The molecule has 0 aliphatic carbocycles. The SMILES string of the molecule is NC(=O)C(=O)Cc1cncn1Cc1c(F)cccc1F. The lowest BCUT2D eigenvalue weighted by Crippen LogP contribution is -2.25. The van der Waals surface area contributed by atoms with Crippen LogP contribution in [0.5, 0.6) is 0 Å². The molecule has 0 saturated heterocycles. The Bertz CT molecular complexity index is 647. The monoisotopic (exact) mass is 279 g/mol. The number of rotatable bonds is 5. The van der Waals surface area contributed by atoms with Crippen LogP contribution in [0.3, 0.4) is 0 Å². The van der Waals surface area contributed by atoms with E-state index >= 15 is 0 Å². The van der Waals surface area contributed by atoms with E-state index in [9.17, 15) is 18.4 Å².